The average molecular weight is 216 g/mol. The minimum Gasteiger partial charge on any atom is -0.476 e. The van der Waals surface area contributed by atoms with Gasteiger partial charge >= 0.3 is 0 Å². The summed E-state index contributed by atoms with van der Waals surface area (Å²) in [5, 5.41) is 0. The molecule has 1 aromatic carbocycles. The van der Waals surface area contributed by atoms with Crippen molar-refractivity contribution in [1.82, 2.24) is 9.97 Å². The summed E-state index contributed by atoms with van der Waals surface area (Å²) in [5.74, 6) is 0.694. The molecule has 3 nitrogen and oxygen atoms in total. The van der Waals surface area contributed by atoms with Gasteiger partial charge in [0.25, 0.3) is 0 Å². The maximum absolute atomic E-state index is 5.63. The highest BCUT2D eigenvalue weighted by Gasteiger charge is 2.08. The molecule has 0 radical (unpaired) electrons. The van der Waals surface area contributed by atoms with Gasteiger partial charge in [-0.1, -0.05) is 43.7 Å². The van der Waals surface area contributed by atoms with E-state index in [1.54, 1.807) is 6.33 Å². The predicted octanol–water partition coefficient (Wildman–Crippen LogP) is 3.26. The molecular formula is C13H16N2O. The molecule has 0 amide bonds. The number of aromatic amines is 1. The van der Waals surface area contributed by atoms with Gasteiger partial charge in [0.05, 0.1) is 12.9 Å². The summed E-state index contributed by atoms with van der Waals surface area (Å²) in [6, 6.07) is 10.1. The van der Waals surface area contributed by atoms with Gasteiger partial charge in [-0.25, -0.2) is 4.98 Å². The number of imidazole rings is 1. The first kappa shape index (κ1) is 10.7. The maximum Gasteiger partial charge on any atom is 0.239 e. The quantitative estimate of drug-likeness (QED) is 0.779. The van der Waals surface area contributed by atoms with Crippen LogP contribution in [0.15, 0.2) is 36.7 Å². The zero-order valence-corrected chi connectivity index (χ0v) is 9.44. The normalized spacial score (nSPS) is 10.3. The summed E-state index contributed by atoms with van der Waals surface area (Å²) in [6.07, 6.45) is 3.86. The molecule has 16 heavy (non-hydrogen) atoms. The lowest BCUT2D eigenvalue weighted by molar-refractivity contribution is 0.300. The number of hydrogen-bond donors (Lipinski definition) is 1. The first-order valence-electron chi connectivity index (χ1n) is 5.63. The van der Waals surface area contributed by atoms with Crippen LogP contribution in [-0.2, 0) is 0 Å². The Balaban J connectivity index is 2.13. The van der Waals surface area contributed by atoms with Crippen LogP contribution in [0, 0.1) is 0 Å². The molecule has 0 atom stereocenters. The van der Waals surface area contributed by atoms with Crippen molar-refractivity contribution in [3.05, 3.63) is 36.7 Å². The van der Waals surface area contributed by atoms with Crippen LogP contribution in [0.3, 0.4) is 0 Å². The van der Waals surface area contributed by atoms with Gasteiger partial charge in [-0.3, -0.25) is 0 Å². The fraction of sp³-hybridized carbons (Fsp3) is 0.308. The van der Waals surface area contributed by atoms with Crippen LogP contribution in [0.25, 0.3) is 11.3 Å². The maximum atomic E-state index is 5.63. The third kappa shape index (κ3) is 2.42. The second-order valence-corrected chi connectivity index (χ2v) is 3.65. The SMILES string of the molecule is CCCCOc1nc[nH]c1-c1ccccc1. The molecule has 0 aliphatic rings. The molecule has 0 fully saturated rings. The monoisotopic (exact) mass is 216 g/mol. The van der Waals surface area contributed by atoms with Crippen LogP contribution < -0.4 is 4.74 Å². The first-order chi connectivity index (χ1) is 7.92. The van der Waals surface area contributed by atoms with Crippen LogP contribution in [0.5, 0.6) is 5.88 Å². The molecule has 1 aromatic heterocycles. The molecule has 0 saturated carbocycles. The number of aromatic nitrogens is 2. The van der Waals surface area contributed by atoms with E-state index in [0.29, 0.717) is 5.88 Å². The molecule has 84 valence electrons. The van der Waals surface area contributed by atoms with Crippen LogP contribution in [0.1, 0.15) is 19.8 Å². The summed E-state index contributed by atoms with van der Waals surface area (Å²) in [5.41, 5.74) is 2.06. The Labute approximate surface area is 95.5 Å². The highest BCUT2D eigenvalue weighted by molar-refractivity contribution is 5.64. The Morgan fingerprint density at radius 3 is 2.81 bits per heavy atom. The molecule has 2 rings (SSSR count). The van der Waals surface area contributed by atoms with E-state index in [2.05, 4.69) is 16.9 Å². The van der Waals surface area contributed by atoms with Gasteiger partial charge in [-0.2, -0.15) is 0 Å². The van der Waals surface area contributed by atoms with Gasteiger partial charge in [-0.05, 0) is 6.42 Å². The zero-order chi connectivity index (χ0) is 11.2. The zero-order valence-electron chi connectivity index (χ0n) is 9.44. The van der Waals surface area contributed by atoms with Crippen molar-refractivity contribution in [2.45, 2.75) is 19.8 Å². The molecule has 0 bridgehead atoms. The Morgan fingerprint density at radius 2 is 2.06 bits per heavy atom. The van der Waals surface area contributed by atoms with E-state index < -0.39 is 0 Å². The smallest absolute Gasteiger partial charge is 0.239 e. The predicted molar refractivity (Wildman–Crippen MR) is 64.4 cm³/mol. The minimum absolute atomic E-state index is 0.694. The van der Waals surface area contributed by atoms with E-state index in [9.17, 15) is 0 Å². The van der Waals surface area contributed by atoms with Crippen molar-refractivity contribution in [2.75, 3.05) is 6.61 Å². The number of benzene rings is 1. The largest absolute Gasteiger partial charge is 0.476 e. The Morgan fingerprint density at radius 1 is 1.25 bits per heavy atom. The second kappa shape index (κ2) is 5.35. The first-order valence-corrected chi connectivity index (χ1v) is 5.63. The molecule has 0 spiro atoms. The molecule has 3 heteroatoms. The molecule has 0 aliphatic heterocycles. The topological polar surface area (TPSA) is 37.9 Å². The fourth-order valence-electron chi connectivity index (χ4n) is 1.52. The number of ether oxygens (including phenoxy) is 1. The third-order valence-electron chi connectivity index (χ3n) is 2.40. The fourth-order valence-corrected chi connectivity index (χ4v) is 1.52. The van der Waals surface area contributed by atoms with Gasteiger partial charge in [0.1, 0.15) is 5.69 Å². The van der Waals surface area contributed by atoms with Crippen LogP contribution in [0.2, 0.25) is 0 Å². The van der Waals surface area contributed by atoms with Gasteiger partial charge in [-0.15, -0.1) is 0 Å². The molecule has 1 N–H and O–H groups in total. The summed E-state index contributed by atoms with van der Waals surface area (Å²) >= 11 is 0. The molecule has 0 saturated heterocycles. The van der Waals surface area contributed by atoms with Gasteiger partial charge in [0.15, 0.2) is 0 Å². The summed E-state index contributed by atoms with van der Waals surface area (Å²) in [6.45, 7) is 2.87. The van der Waals surface area contributed by atoms with Crippen molar-refractivity contribution in [2.24, 2.45) is 0 Å². The van der Waals surface area contributed by atoms with Crippen LogP contribution in [-0.4, -0.2) is 16.6 Å². The van der Waals surface area contributed by atoms with E-state index in [1.165, 1.54) is 0 Å². The lowest BCUT2D eigenvalue weighted by atomic mass is 10.2. The third-order valence-corrected chi connectivity index (χ3v) is 2.40. The Hall–Kier alpha value is -1.77. The molecule has 0 aliphatic carbocycles. The van der Waals surface area contributed by atoms with E-state index in [0.717, 1.165) is 30.7 Å². The van der Waals surface area contributed by atoms with Crippen molar-refractivity contribution < 1.29 is 4.74 Å². The van der Waals surface area contributed by atoms with Crippen molar-refractivity contribution in [3.63, 3.8) is 0 Å². The summed E-state index contributed by atoms with van der Waals surface area (Å²) in [4.78, 5) is 7.30. The Kier molecular flexibility index (Phi) is 3.59. The highest BCUT2D eigenvalue weighted by Crippen LogP contribution is 2.25. The second-order valence-electron chi connectivity index (χ2n) is 3.65. The number of H-pyrrole nitrogens is 1. The van der Waals surface area contributed by atoms with Gasteiger partial charge in [0, 0.05) is 5.56 Å². The number of nitrogens with one attached hydrogen (secondary N) is 1. The van der Waals surface area contributed by atoms with E-state index >= 15 is 0 Å². The summed E-state index contributed by atoms with van der Waals surface area (Å²) < 4.78 is 5.63. The Bertz CT molecular complexity index is 423. The lowest BCUT2D eigenvalue weighted by Crippen LogP contribution is -1.97. The molecular weight excluding hydrogens is 200 g/mol. The van der Waals surface area contributed by atoms with Crippen molar-refractivity contribution in [3.8, 4) is 17.1 Å². The van der Waals surface area contributed by atoms with E-state index in [4.69, 9.17) is 4.74 Å². The summed E-state index contributed by atoms with van der Waals surface area (Å²) in [7, 11) is 0. The average Bonchev–Trinajstić information content (AvgIpc) is 2.79. The van der Waals surface area contributed by atoms with Gasteiger partial charge in [0.2, 0.25) is 5.88 Å². The highest BCUT2D eigenvalue weighted by atomic mass is 16.5. The molecule has 1 heterocycles. The number of rotatable bonds is 5. The van der Waals surface area contributed by atoms with E-state index in [1.807, 2.05) is 30.3 Å². The standard InChI is InChI=1S/C13H16N2O/c1-2-3-9-16-13-12(14-10-15-13)11-7-5-4-6-8-11/h4-8,10H,2-3,9H2,1H3,(H,14,15). The van der Waals surface area contributed by atoms with Crippen molar-refractivity contribution >= 4 is 0 Å². The van der Waals surface area contributed by atoms with E-state index in [-0.39, 0.29) is 0 Å². The minimum atomic E-state index is 0.694. The number of hydrogen-bond acceptors (Lipinski definition) is 2. The molecule has 0 unspecified atom stereocenters. The number of nitrogens with zero attached hydrogens (tertiary/aromatic N) is 1. The van der Waals surface area contributed by atoms with Gasteiger partial charge < -0.3 is 9.72 Å². The van der Waals surface area contributed by atoms with Crippen molar-refractivity contribution in [1.29, 1.82) is 0 Å². The van der Waals surface area contributed by atoms with Crippen LogP contribution in [0.4, 0.5) is 0 Å². The lowest BCUT2D eigenvalue weighted by Gasteiger charge is -2.04. The molecule has 2 aromatic rings. The number of unbranched alkanes of at least 4 members (excludes halogenated alkanes) is 1. The van der Waals surface area contributed by atoms with Crippen LogP contribution >= 0.6 is 0 Å².